The van der Waals surface area contributed by atoms with Crippen LogP contribution in [0.4, 0.5) is 0 Å². The van der Waals surface area contributed by atoms with Crippen LogP contribution in [0.3, 0.4) is 0 Å². The summed E-state index contributed by atoms with van der Waals surface area (Å²) in [6.45, 7) is 4.00. The molecule has 0 bridgehead atoms. The topological polar surface area (TPSA) is 65.0 Å². The van der Waals surface area contributed by atoms with Gasteiger partial charge in [0.2, 0.25) is 10.0 Å². The smallest absolute Gasteiger partial charge is 0.243 e. The maximum absolute atomic E-state index is 12.9. The molecule has 3 aliphatic rings. The first-order chi connectivity index (χ1) is 13.5. The Morgan fingerprint density at radius 2 is 1.86 bits per heavy atom. The number of likely N-dealkylation sites (tertiary alicyclic amines) is 1. The second-order valence-electron chi connectivity index (χ2n) is 8.54. The van der Waals surface area contributed by atoms with E-state index in [4.69, 9.17) is 0 Å². The van der Waals surface area contributed by atoms with Crippen molar-refractivity contribution in [3.63, 3.8) is 0 Å². The fourth-order valence-corrected chi connectivity index (χ4v) is 6.37. The third-order valence-electron chi connectivity index (χ3n) is 6.67. The zero-order chi connectivity index (χ0) is 19.6. The summed E-state index contributed by atoms with van der Waals surface area (Å²) in [6, 6.07) is 7.34. The molecule has 1 aromatic carbocycles. The zero-order valence-corrected chi connectivity index (χ0v) is 20.4. The SMILES string of the molecule is CN=C(NCc1cccc(S(=O)(=O)N2CCCCC2)c1)N1CCC2(CCC2)C1.I. The van der Waals surface area contributed by atoms with Crippen molar-refractivity contribution in [2.45, 2.75) is 56.4 Å². The van der Waals surface area contributed by atoms with Gasteiger partial charge in [0.15, 0.2) is 5.96 Å². The molecule has 0 unspecified atom stereocenters. The maximum Gasteiger partial charge on any atom is 0.243 e. The number of hydrogen-bond acceptors (Lipinski definition) is 3. The number of hydrogen-bond donors (Lipinski definition) is 1. The number of halogens is 1. The first kappa shape index (κ1) is 22.8. The van der Waals surface area contributed by atoms with Gasteiger partial charge in [-0.25, -0.2) is 8.42 Å². The van der Waals surface area contributed by atoms with Crippen LogP contribution in [0.5, 0.6) is 0 Å². The van der Waals surface area contributed by atoms with Gasteiger partial charge in [0, 0.05) is 39.8 Å². The number of piperidine rings is 1. The molecule has 0 radical (unpaired) electrons. The average Bonchev–Trinajstić information content (AvgIpc) is 3.16. The monoisotopic (exact) mass is 532 g/mol. The molecular weight excluding hydrogens is 499 g/mol. The van der Waals surface area contributed by atoms with Gasteiger partial charge in [-0.15, -0.1) is 24.0 Å². The molecule has 1 aromatic rings. The Morgan fingerprint density at radius 1 is 1.10 bits per heavy atom. The molecule has 2 aliphatic heterocycles. The summed E-state index contributed by atoms with van der Waals surface area (Å²) in [5, 5.41) is 3.44. The largest absolute Gasteiger partial charge is 0.352 e. The summed E-state index contributed by atoms with van der Waals surface area (Å²) in [4.78, 5) is 7.21. The molecule has 1 N–H and O–H groups in total. The second-order valence-corrected chi connectivity index (χ2v) is 10.5. The lowest BCUT2D eigenvalue weighted by molar-refractivity contribution is 0.151. The molecule has 162 valence electrons. The van der Waals surface area contributed by atoms with Crippen LogP contribution in [0, 0.1) is 5.41 Å². The molecule has 3 fully saturated rings. The molecule has 0 amide bonds. The third-order valence-corrected chi connectivity index (χ3v) is 8.56. The van der Waals surface area contributed by atoms with Crippen molar-refractivity contribution in [1.29, 1.82) is 0 Å². The number of nitrogens with zero attached hydrogens (tertiary/aromatic N) is 3. The number of aliphatic imine (C=N–C) groups is 1. The normalized spacial score (nSPS) is 22.2. The molecule has 2 heterocycles. The minimum Gasteiger partial charge on any atom is -0.352 e. The lowest BCUT2D eigenvalue weighted by atomic mass is 9.68. The number of sulfonamides is 1. The Morgan fingerprint density at radius 3 is 2.48 bits per heavy atom. The van der Waals surface area contributed by atoms with E-state index in [2.05, 4.69) is 15.2 Å². The van der Waals surface area contributed by atoms with Gasteiger partial charge < -0.3 is 10.2 Å². The quantitative estimate of drug-likeness (QED) is 0.367. The van der Waals surface area contributed by atoms with Crippen molar-refractivity contribution in [3.8, 4) is 0 Å². The second kappa shape index (κ2) is 9.51. The van der Waals surface area contributed by atoms with E-state index in [1.165, 1.54) is 25.7 Å². The van der Waals surface area contributed by atoms with Crippen LogP contribution in [0.25, 0.3) is 0 Å². The van der Waals surface area contributed by atoms with Crippen molar-refractivity contribution >= 4 is 40.0 Å². The summed E-state index contributed by atoms with van der Waals surface area (Å²) in [6.07, 6.45) is 8.33. The highest BCUT2D eigenvalue weighted by Gasteiger charge is 2.43. The highest BCUT2D eigenvalue weighted by atomic mass is 127. The lowest BCUT2D eigenvalue weighted by Gasteiger charge is -2.38. The lowest BCUT2D eigenvalue weighted by Crippen LogP contribution is -2.42. The molecule has 2 saturated heterocycles. The van der Waals surface area contributed by atoms with Crippen molar-refractivity contribution in [2.75, 3.05) is 33.2 Å². The van der Waals surface area contributed by atoms with Crippen molar-refractivity contribution in [3.05, 3.63) is 29.8 Å². The maximum atomic E-state index is 12.9. The predicted octanol–water partition coefficient (Wildman–Crippen LogP) is 3.43. The average molecular weight is 532 g/mol. The van der Waals surface area contributed by atoms with Crippen LogP contribution < -0.4 is 5.32 Å². The summed E-state index contributed by atoms with van der Waals surface area (Å²) in [5.41, 5.74) is 1.50. The number of benzene rings is 1. The molecule has 6 nitrogen and oxygen atoms in total. The van der Waals surface area contributed by atoms with Crippen molar-refractivity contribution in [1.82, 2.24) is 14.5 Å². The molecular formula is C21H33IN4O2S. The van der Waals surface area contributed by atoms with Crippen LogP contribution in [-0.2, 0) is 16.6 Å². The first-order valence-corrected chi connectivity index (χ1v) is 12.0. The Bertz CT molecular complexity index is 833. The summed E-state index contributed by atoms with van der Waals surface area (Å²) in [7, 11) is -1.57. The van der Waals surface area contributed by atoms with Gasteiger partial charge in [-0.05, 0) is 55.2 Å². The summed E-state index contributed by atoms with van der Waals surface area (Å²) < 4.78 is 27.5. The van der Waals surface area contributed by atoms with Crippen molar-refractivity contribution < 1.29 is 8.42 Å². The molecule has 0 aromatic heterocycles. The van der Waals surface area contributed by atoms with E-state index in [-0.39, 0.29) is 24.0 Å². The van der Waals surface area contributed by atoms with Crippen LogP contribution in [0.2, 0.25) is 0 Å². The molecule has 1 aliphatic carbocycles. The molecule has 4 rings (SSSR count). The molecule has 8 heteroatoms. The summed E-state index contributed by atoms with van der Waals surface area (Å²) >= 11 is 0. The van der Waals surface area contributed by atoms with E-state index < -0.39 is 10.0 Å². The van der Waals surface area contributed by atoms with E-state index in [1.807, 2.05) is 25.2 Å². The summed E-state index contributed by atoms with van der Waals surface area (Å²) in [5.74, 6) is 0.924. The minimum atomic E-state index is -3.39. The fraction of sp³-hybridized carbons (Fsp3) is 0.667. The first-order valence-electron chi connectivity index (χ1n) is 10.6. The van der Waals surface area contributed by atoms with Crippen LogP contribution in [-0.4, -0.2) is 56.8 Å². The Labute approximate surface area is 192 Å². The van der Waals surface area contributed by atoms with Crippen molar-refractivity contribution in [2.24, 2.45) is 10.4 Å². The Hall–Kier alpha value is -0.870. The zero-order valence-electron chi connectivity index (χ0n) is 17.3. The predicted molar refractivity (Wildman–Crippen MR) is 127 cm³/mol. The highest BCUT2D eigenvalue weighted by molar-refractivity contribution is 14.0. The van der Waals surface area contributed by atoms with E-state index >= 15 is 0 Å². The van der Waals surface area contributed by atoms with Gasteiger partial charge >= 0.3 is 0 Å². The number of nitrogens with one attached hydrogen (secondary N) is 1. The van der Waals surface area contributed by atoms with E-state index in [1.54, 1.807) is 10.4 Å². The van der Waals surface area contributed by atoms with E-state index in [0.717, 1.165) is 43.9 Å². The van der Waals surface area contributed by atoms with Gasteiger partial charge in [0.25, 0.3) is 0 Å². The van der Waals surface area contributed by atoms with Gasteiger partial charge in [-0.2, -0.15) is 4.31 Å². The molecule has 29 heavy (non-hydrogen) atoms. The number of rotatable bonds is 4. The standard InChI is InChI=1S/C21H32N4O2S.HI/c1-22-20(24-14-11-21(17-24)9-6-10-21)23-16-18-7-5-8-19(15-18)28(26,27)25-12-3-2-4-13-25;/h5,7-8,15H,2-4,6,9-14,16-17H2,1H3,(H,22,23);1H. The molecule has 0 atom stereocenters. The molecule has 1 spiro atoms. The minimum absolute atomic E-state index is 0. The van der Waals surface area contributed by atoms with E-state index in [0.29, 0.717) is 29.9 Å². The van der Waals surface area contributed by atoms with Gasteiger partial charge in [-0.1, -0.05) is 25.0 Å². The van der Waals surface area contributed by atoms with Crippen LogP contribution in [0.15, 0.2) is 34.2 Å². The molecule has 1 saturated carbocycles. The highest BCUT2D eigenvalue weighted by Crippen LogP contribution is 2.47. The van der Waals surface area contributed by atoms with Crippen LogP contribution >= 0.6 is 24.0 Å². The Kier molecular flexibility index (Phi) is 7.48. The Balaban J connectivity index is 0.00000240. The third kappa shape index (κ3) is 4.90. The van der Waals surface area contributed by atoms with Gasteiger partial charge in [0.1, 0.15) is 0 Å². The van der Waals surface area contributed by atoms with Crippen LogP contribution in [0.1, 0.15) is 50.5 Å². The van der Waals surface area contributed by atoms with Gasteiger partial charge in [-0.3, -0.25) is 4.99 Å². The fourth-order valence-electron chi connectivity index (χ4n) is 4.78. The van der Waals surface area contributed by atoms with Gasteiger partial charge in [0.05, 0.1) is 4.90 Å². The number of guanidine groups is 1. The van der Waals surface area contributed by atoms with E-state index in [9.17, 15) is 8.42 Å².